The molecule has 1 aromatic carbocycles. The number of nitrogens with one attached hydrogen (secondary N) is 1. The molecule has 1 aliphatic rings. The molecule has 2 rings (SSSR count). The summed E-state index contributed by atoms with van der Waals surface area (Å²) in [5, 5.41) is 2.88. The van der Waals surface area contributed by atoms with Crippen LogP contribution in [0.3, 0.4) is 0 Å². The summed E-state index contributed by atoms with van der Waals surface area (Å²) in [6, 6.07) is 10.1. The first kappa shape index (κ1) is 11.6. The predicted octanol–water partition coefficient (Wildman–Crippen LogP) is 1.75. The van der Waals surface area contributed by atoms with Crippen molar-refractivity contribution in [3.63, 3.8) is 0 Å². The Bertz CT molecular complexity index is 460. The highest BCUT2D eigenvalue weighted by molar-refractivity contribution is 6.44. The van der Waals surface area contributed by atoms with E-state index >= 15 is 0 Å². The van der Waals surface area contributed by atoms with Gasteiger partial charge in [-0.05, 0) is 30.6 Å². The summed E-state index contributed by atoms with van der Waals surface area (Å²) in [6.45, 7) is 3.28. The number of aliphatic imine (C=N–C) groups is 1. The second kappa shape index (κ2) is 5.43. The summed E-state index contributed by atoms with van der Waals surface area (Å²) < 4.78 is 0. The van der Waals surface area contributed by atoms with E-state index in [4.69, 9.17) is 0 Å². The number of hydrogen-bond donors (Lipinski definition) is 1. The molecule has 0 atom stereocenters. The predicted molar refractivity (Wildman–Crippen MR) is 69.2 cm³/mol. The van der Waals surface area contributed by atoms with Crippen molar-refractivity contribution in [2.75, 3.05) is 13.1 Å². The van der Waals surface area contributed by atoms with Crippen molar-refractivity contribution in [3.8, 4) is 0 Å². The minimum absolute atomic E-state index is 0.0715. The van der Waals surface area contributed by atoms with E-state index in [0.29, 0.717) is 18.8 Å². The first-order valence-electron chi connectivity index (χ1n) is 5.79. The van der Waals surface area contributed by atoms with Gasteiger partial charge in [-0.2, -0.15) is 0 Å². The van der Waals surface area contributed by atoms with Crippen LogP contribution < -0.4 is 5.32 Å². The van der Waals surface area contributed by atoms with Crippen molar-refractivity contribution in [1.82, 2.24) is 5.32 Å². The number of carbonyl (C=O) groups is 1. The average molecular weight is 228 g/mol. The molecule has 0 bridgehead atoms. The van der Waals surface area contributed by atoms with Crippen LogP contribution in [0.4, 0.5) is 0 Å². The van der Waals surface area contributed by atoms with E-state index in [-0.39, 0.29) is 5.91 Å². The van der Waals surface area contributed by atoms with Crippen molar-refractivity contribution in [2.45, 2.75) is 13.3 Å². The van der Waals surface area contributed by atoms with Crippen LogP contribution in [0.1, 0.15) is 12.5 Å². The molecule has 3 heteroatoms. The third kappa shape index (κ3) is 3.28. The maximum atomic E-state index is 11.7. The van der Waals surface area contributed by atoms with Crippen molar-refractivity contribution in [2.24, 2.45) is 4.99 Å². The fraction of sp³-hybridized carbons (Fsp3) is 0.286. The summed E-state index contributed by atoms with van der Waals surface area (Å²) in [4.78, 5) is 15.8. The Labute approximate surface area is 101 Å². The van der Waals surface area contributed by atoms with E-state index in [0.717, 1.165) is 12.0 Å². The van der Waals surface area contributed by atoms with Gasteiger partial charge in [0.25, 0.3) is 5.91 Å². The zero-order valence-corrected chi connectivity index (χ0v) is 9.94. The monoisotopic (exact) mass is 228 g/mol. The molecule has 0 aromatic heterocycles. The van der Waals surface area contributed by atoms with Gasteiger partial charge in [0.1, 0.15) is 5.71 Å². The highest BCUT2D eigenvalue weighted by Gasteiger charge is 2.12. The van der Waals surface area contributed by atoms with Gasteiger partial charge in [0.2, 0.25) is 0 Å². The van der Waals surface area contributed by atoms with Gasteiger partial charge in [-0.25, -0.2) is 0 Å². The van der Waals surface area contributed by atoms with Crippen LogP contribution in [0.5, 0.6) is 0 Å². The lowest BCUT2D eigenvalue weighted by atomic mass is 10.1. The molecular weight excluding hydrogens is 212 g/mol. The number of rotatable bonds is 4. The van der Waals surface area contributed by atoms with Gasteiger partial charge in [0.15, 0.2) is 0 Å². The number of carbonyl (C=O) groups excluding carboxylic acids is 1. The van der Waals surface area contributed by atoms with Crippen LogP contribution >= 0.6 is 0 Å². The minimum atomic E-state index is -0.0715. The van der Waals surface area contributed by atoms with Crippen molar-refractivity contribution in [1.29, 1.82) is 0 Å². The summed E-state index contributed by atoms with van der Waals surface area (Å²) in [5.41, 5.74) is 2.92. The Kier molecular flexibility index (Phi) is 3.70. The highest BCUT2D eigenvalue weighted by atomic mass is 16.1. The molecular formula is C14H16N2O. The molecule has 0 saturated heterocycles. The summed E-state index contributed by atoms with van der Waals surface area (Å²) in [7, 11) is 0. The Hall–Kier alpha value is -1.90. The van der Waals surface area contributed by atoms with Crippen LogP contribution in [-0.2, 0) is 11.2 Å². The van der Waals surface area contributed by atoms with E-state index in [2.05, 4.69) is 22.4 Å². The van der Waals surface area contributed by atoms with Gasteiger partial charge in [0.05, 0.1) is 6.54 Å². The molecule has 17 heavy (non-hydrogen) atoms. The van der Waals surface area contributed by atoms with Crippen LogP contribution in [0.15, 0.2) is 47.0 Å². The van der Waals surface area contributed by atoms with Gasteiger partial charge < -0.3 is 5.32 Å². The van der Waals surface area contributed by atoms with Gasteiger partial charge in [0, 0.05) is 6.54 Å². The Balaban J connectivity index is 1.78. The molecule has 0 aliphatic carbocycles. The zero-order chi connectivity index (χ0) is 12.1. The van der Waals surface area contributed by atoms with Crippen LogP contribution in [0, 0.1) is 0 Å². The maximum absolute atomic E-state index is 11.7. The summed E-state index contributed by atoms with van der Waals surface area (Å²) in [5.74, 6) is -0.0715. The Morgan fingerprint density at radius 2 is 2.12 bits per heavy atom. The molecule has 1 amide bonds. The SMILES string of the molecule is CC1=CC(C(=O)NCCc2ccccc2)=NC1. The van der Waals surface area contributed by atoms with E-state index in [9.17, 15) is 4.79 Å². The molecule has 1 heterocycles. The molecule has 88 valence electrons. The quantitative estimate of drug-likeness (QED) is 0.838. The fourth-order valence-corrected chi connectivity index (χ4v) is 1.73. The molecule has 0 fully saturated rings. The van der Waals surface area contributed by atoms with E-state index < -0.39 is 0 Å². The van der Waals surface area contributed by atoms with Gasteiger partial charge >= 0.3 is 0 Å². The van der Waals surface area contributed by atoms with Crippen LogP contribution in [-0.4, -0.2) is 24.7 Å². The average Bonchev–Trinajstić information content (AvgIpc) is 2.77. The minimum Gasteiger partial charge on any atom is -0.350 e. The molecule has 0 saturated carbocycles. The molecule has 1 aromatic rings. The van der Waals surface area contributed by atoms with Gasteiger partial charge in [-0.15, -0.1) is 0 Å². The first-order chi connectivity index (χ1) is 8.25. The van der Waals surface area contributed by atoms with Crippen molar-refractivity contribution < 1.29 is 4.79 Å². The standard InChI is InChI=1S/C14H16N2O/c1-11-9-13(16-10-11)14(17)15-8-7-12-5-3-2-4-6-12/h2-6,9H,7-8,10H2,1H3,(H,15,17). The lowest BCUT2D eigenvalue weighted by molar-refractivity contribution is -0.114. The first-order valence-corrected chi connectivity index (χ1v) is 5.79. The lowest BCUT2D eigenvalue weighted by Gasteiger charge is -2.04. The fourth-order valence-electron chi connectivity index (χ4n) is 1.73. The maximum Gasteiger partial charge on any atom is 0.269 e. The second-order valence-electron chi connectivity index (χ2n) is 4.18. The molecule has 0 radical (unpaired) electrons. The highest BCUT2D eigenvalue weighted by Crippen LogP contribution is 2.04. The van der Waals surface area contributed by atoms with E-state index in [1.165, 1.54) is 5.56 Å². The number of hydrogen-bond acceptors (Lipinski definition) is 2. The van der Waals surface area contributed by atoms with E-state index in [1.54, 1.807) is 0 Å². The van der Waals surface area contributed by atoms with Crippen LogP contribution in [0.2, 0.25) is 0 Å². The lowest BCUT2D eigenvalue weighted by Crippen LogP contribution is -2.31. The topological polar surface area (TPSA) is 41.5 Å². The largest absolute Gasteiger partial charge is 0.350 e. The van der Waals surface area contributed by atoms with Gasteiger partial charge in [-0.1, -0.05) is 30.3 Å². The smallest absolute Gasteiger partial charge is 0.269 e. The Morgan fingerprint density at radius 1 is 1.35 bits per heavy atom. The van der Waals surface area contributed by atoms with Gasteiger partial charge in [-0.3, -0.25) is 9.79 Å². The molecule has 3 nitrogen and oxygen atoms in total. The molecule has 0 unspecified atom stereocenters. The molecule has 1 N–H and O–H groups in total. The number of nitrogens with zero attached hydrogens (tertiary/aromatic N) is 1. The van der Waals surface area contributed by atoms with Crippen LogP contribution in [0.25, 0.3) is 0 Å². The van der Waals surface area contributed by atoms with Crippen molar-refractivity contribution >= 4 is 11.6 Å². The zero-order valence-electron chi connectivity index (χ0n) is 9.94. The second-order valence-corrected chi connectivity index (χ2v) is 4.18. The number of amides is 1. The van der Waals surface area contributed by atoms with E-state index in [1.807, 2.05) is 31.2 Å². The third-order valence-corrected chi connectivity index (χ3v) is 2.66. The third-order valence-electron chi connectivity index (χ3n) is 2.66. The molecule has 0 spiro atoms. The summed E-state index contributed by atoms with van der Waals surface area (Å²) in [6.07, 6.45) is 2.69. The molecule has 1 aliphatic heterocycles. The van der Waals surface area contributed by atoms with Crippen molar-refractivity contribution in [3.05, 3.63) is 47.5 Å². The Morgan fingerprint density at radius 3 is 2.76 bits per heavy atom. The number of benzene rings is 1. The summed E-state index contributed by atoms with van der Waals surface area (Å²) >= 11 is 0. The normalized spacial score (nSPS) is 14.2.